The molecule has 3 nitrogen and oxygen atoms in total. The summed E-state index contributed by atoms with van der Waals surface area (Å²) in [5, 5.41) is 13.4. The summed E-state index contributed by atoms with van der Waals surface area (Å²) in [6.45, 7) is 2.05. The lowest BCUT2D eigenvalue weighted by atomic mass is 10.1. The van der Waals surface area contributed by atoms with Gasteiger partial charge in [-0.05, 0) is 19.1 Å². The van der Waals surface area contributed by atoms with E-state index in [0.29, 0.717) is 5.69 Å². The molecule has 0 saturated carbocycles. The summed E-state index contributed by atoms with van der Waals surface area (Å²) in [5.74, 6) is 0. The molecule has 0 N–H and O–H groups in total. The van der Waals surface area contributed by atoms with Gasteiger partial charge in [0.05, 0.1) is 11.4 Å². The zero-order valence-electron chi connectivity index (χ0n) is 11.1. The Labute approximate surface area is 117 Å². The minimum atomic E-state index is 0.421. The molecule has 0 unspecified atom stereocenters. The Morgan fingerprint density at radius 3 is 2.35 bits per heavy atom. The summed E-state index contributed by atoms with van der Waals surface area (Å²) in [6.07, 6.45) is 0. The minimum Gasteiger partial charge on any atom is -0.232 e. The van der Waals surface area contributed by atoms with Crippen LogP contribution in [0.3, 0.4) is 0 Å². The molecule has 3 aromatic rings. The Morgan fingerprint density at radius 1 is 1.00 bits per heavy atom. The number of benzene rings is 2. The molecule has 0 bridgehead atoms. The number of aromatic nitrogens is 2. The van der Waals surface area contributed by atoms with Crippen LogP contribution < -0.4 is 0 Å². The van der Waals surface area contributed by atoms with Crippen LogP contribution >= 0.6 is 0 Å². The van der Waals surface area contributed by atoms with Gasteiger partial charge in [0, 0.05) is 11.6 Å². The summed E-state index contributed by atoms with van der Waals surface area (Å²) in [6, 6.07) is 22.0. The summed E-state index contributed by atoms with van der Waals surface area (Å²) in [7, 11) is 0. The second-order valence-electron chi connectivity index (χ2n) is 4.64. The molecule has 3 rings (SSSR count). The molecular formula is C17H13N3. The first-order valence-corrected chi connectivity index (χ1v) is 6.40. The minimum absolute atomic E-state index is 0.421. The van der Waals surface area contributed by atoms with Gasteiger partial charge < -0.3 is 0 Å². The molecule has 96 valence electrons. The van der Waals surface area contributed by atoms with E-state index in [1.165, 1.54) is 5.56 Å². The van der Waals surface area contributed by atoms with E-state index < -0.39 is 0 Å². The maximum atomic E-state index is 9.09. The first kappa shape index (κ1) is 12.2. The summed E-state index contributed by atoms with van der Waals surface area (Å²) in [5.41, 5.74) is 4.55. The fourth-order valence-electron chi connectivity index (χ4n) is 2.13. The van der Waals surface area contributed by atoms with Crippen LogP contribution in [0.4, 0.5) is 0 Å². The first-order chi connectivity index (χ1) is 9.78. The van der Waals surface area contributed by atoms with Gasteiger partial charge in [0.25, 0.3) is 0 Å². The SMILES string of the molecule is Cc1ccc(-c2cc(C#N)nn2-c2ccccc2)cc1. The number of nitriles is 1. The second kappa shape index (κ2) is 5.02. The standard InChI is InChI=1S/C17H13N3/c1-13-7-9-14(10-8-13)17-11-15(12-18)19-20(17)16-5-3-2-4-6-16/h2-11H,1H3. The highest BCUT2D eigenvalue weighted by Crippen LogP contribution is 2.24. The van der Waals surface area contributed by atoms with Gasteiger partial charge in [0.15, 0.2) is 5.69 Å². The molecule has 20 heavy (non-hydrogen) atoms. The van der Waals surface area contributed by atoms with Crippen molar-refractivity contribution in [2.45, 2.75) is 6.92 Å². The third kappa shape index (κ3) is 2.19. The highest BCUT2D eigenvalue weighted by Gasteiger charge is 2.11. The number of rotatable bonds is 2. The molecular weight excluding hydrogens is 246 g/mol. The first-order valence-electron chi connectivity index (χ1n) is 6.40. The molecule has 0 atom stereocenters. The van der Waals surface area contributed by atoms with Gasteiger partial charge in [0.1, 0.15) is 6.07 Å². The zero-order chi connectivity index (χ0) is 13.9. The lowest BCUT2D eigenvalue weighted by molar-refractivity contribution is 0.880. The number of hydrogen-bond donors (Lipinski definition) is 0. The summed E-state index contributed by atoms with van der Waals surface area (Å²) >= 11 is 0. The van der Waals surface area contributed by atoms with Crippen LogP contribution in [-0.4, -0.2) is 9.78 Å². The van der Waals surface area contributed by atoms with E-state index in [9.17, 15) is 0 Å². The Morgan fingerprint density at radius 2 is 1.70 bits per heavy atom. The van der Waals surface area contributed by atoms with Gasteiger partial charge in [-0.2, -0.15) is 10.4 Å². The molecule has 0 aliphatic rings. The quantitative estimate of drug-likeness (QED) is 0.703. The van der Waals surface area contributed by atoms with Crippen molar-refractivity contribution in [1.29, 1.82) is 5.26 Å². The van der Waals surface area contributed by atoms with Crippen molar-refractivity contribution in [2.75, 3.05) is 0 Å². The number of hydrogen-bond acceptors (Lipinski definition) is 2. The Hall–Kier alpha value is -2.86. The molecule has 0 radical (unpaired) electrons. The Bertz CT molecular complexity index is 762. The van der Waals surface area contributed by atoms with Crippen molar-refractivity contribution in [3.63, 3.8) is 0 Å². The van der Waals surface area contributed by atoms with E-state index in [2.05, 4.69) is 30.2 Å². The zero-order valence-corrected chi connectivity index (χ0v) is 11.1. The normalized spacial score (nSPS) is 10.2. The lowest BCUT2D eigenvalue weighted by Gasteiger charge is -2.07. The maximum absolute atomic E-state index is 9.09. The van der Waals surface area contributed by atoms with Crippen molar-refractivity contribution < 1.29 is 0 Å². The van der Waals surface area contributed by atoms with Gasteiger partial charge in [-0.25, -0.2) is 4.68 Å². The predicted octanol–water partition coefficient (Wildman–Crippen LogP) is 3.72. The highest BCUT2D eigenvalue weighted by molar-refractivity contribution is 5.63. The molecule has 1 heterocycles. The van der Waals surface area contributed by atoms with Crippen LogP contribution in [0, 0.1) is 18.3 Å². The molecule has 0 aliphatic heterocycles. The van der Waals surface area contributed by atoms with E-state index in [0.717, 1.165) is 16.9 Å². The van der Waals surface area contributed by atoms with E-state index in [4.69, 9.17) is 5.26 Å². The smallest absolute Gasteiger partial charge is 0.163 e. The van der Waals surface area contributed by atoms with Gasteiger partial charge in [-0.1, -0.05) is 48.0 Å². The van der Waals surface area contributed by atoms with Crippen LogP contribution in [-0.2, 0) is 0 Å². The Kier molecular flexibility index (Phi) is 3.06. The summed E-state index contributed by atoms with van der Waals surface area (Å²) < 4.78 is 1.81. The predicted molar refractivity (Wildman–Crippen MR) is 78.5 cm³/mol. The molecule has 2 aromatic carbocycles. The van der Waals surface area contributed by atoms with E-state index in [1.54, 1.807) is 0 Å². The molecule has 0 fully saturated rings. The fraction of sp³-hybridized carbons (Fsp3) is 0.0588. The third-order valence-electron chi connectivity index (χ3n) is 3.17. The second-order valence-corrected chi connectivity index (χ2v) is 4.64. The average molecular weight is 259 g/mol. The van der Waals surface area contributed by atoms with Crippen molar-refractivity contribution in [2.24, 2.45) is 0 Å². The third-order valence-corrected chi connectivity index (χ3v) is 3.17. The number of aryl methyl sites for hydroxylation is 1. The largest absolute Gasteiger partial charge is 0.232 e. The van der Waals surface area contributed by atoms with Crippen molar-refractivity contribution in [1.82, 2.24) is 9.78 Å². The number of nitrogens with zero attached hydrogens (tertiary/aromatic N) is 3. The van der Waals surface area contributed by atoms with Crippen LogP contribution in [0.15, 0.2) is 60.7 Å². The van der Waals surface area contributed by atoms with Crippen LogP contribution in [0.1, 0.15) is 11.3 Å². The van der Waals surface area contributed by atoms with Crippen molar-refractivity contribution in [3.8, 4) is 23.0 Å². The number of para-hydroxylation sites is 1. The molecule has 0 saturated heterocycles. The molecule has 0 amide bonds. The Balaban J connectivity index is 2.18. The monoisotopic (exact) mass is 259 g/mol. The highest BCUT2D eigenvalue weighted by atomic mass is 15.3. The van der Waals surface area contributed by atoms with Crippen molar-refractivity contribution >= 4 is 0 Å². The van der Waals surface area contributed by atoms with Gasteiger partial charge in [-0.3, -0.25) is 0 Å². The van der Waals surface area contributed by atoms with Crippen LogP contribution in [0.2, 0.25) is 0 Å². The fourth-order valence-corrected chi connectivity index (χ4v) is 2.13. The molecule has 0 aliphatic carbocycles. The van der Waals surface area contributed by atoms with Gasteiger partial charge in [0.2, 0.25) is 0 Å². The van der Waals surface area contributed by atoms with Crippen LogP contribution in [0.5, 0.6) is 0 Å². The van der Waals surface area contributed by atoms with Crippen molar-refractivity contribution in [3.05, 3.63) is 71.9 Å². The maximum Gasteiger partial charge on any atom is 0.163 e. The topological polar surface area (TPSA) is 41.6 Å². The van der Waals surface area contributed by atoms with Crippen LogP contribution in [0.25, 0.3) is 16.9 Å². The summed E-state index contributed by atoms with van der Waals surface area (Å²) in [4.78, 5) is 0. The molecule has 3 heteroatoms. The lowest BCUT2D eigenvalue weighted by Crippen LogP contribution is -1.98. The average Bonchev–Trinajstić information content (AvgIpc) is 2.93. The van der Waals surface area contributed by atoms with E-state index in [1.807, 2.05) is 53.2 Å². The van der Waals surface area contributed by atoms with Gasteiger partial charge in [-0.15, -0.1) is 0 Å². The van der Waals surface area contributed by atoms with E-state index >= 15 is 0 Å². The molecule has 0 spiro atoms. The van der Waals surface area contributed by atoms with E-state index in [-0.39, 0.29) is 0 Å². The van der Waals surface area contributed by atoms with Gasteiger partial charge >= 0.3 is 0 Å². The molecule has 1 aromatic heterocycles.